The van der Waals surface area contributed by atoms with Gasteiger partial charge in [-0.15, -0.1) is 0 Å². The van der Waals surface area contributed by atoms with E-state index < -0.39 is 5.92 Å². The average Bonchev–Trinajstić information content (AvgIpc) is 2.81. The number of amides is 1. The van der Waals surface area contributed by atoms with Gasteiger partial charge >= 0.3 is 0 Å². The van der Waals surface area contributed by atoms with Crippen molar-refractivity contribution in [1.82, 2.24) is 9.55 Å². The van der Waals surface area contributed by atoms with Gasteiger partial charge in [0.25, 0.3) is 5.56 Å². The van der Waals surface area contributed by atoms with Crippen LogP contribution in [0.5, 0.6) is 11.5 Å². The molecule has 3 aromatic rings. The van der Waals surface area contributed by atoms with Gasteiger partial charge in [0.2, 0.25) is 5.91 Å². The minimum absolute atomic E-state index is 0.114. The Balaban J connectivity index is 1.77. The lowest BCUT2D eigenvalue weighted by molar-refractivity contribution is -0.116. The van der Waals surface area contributed by atoms with E-state index in [2.05, 4.69) is 10.3 Å². The second-order valence-electron chi connectivity index (χ2n) is 7.52. The van der Waals surface area contributed by atoms with E-state index in [4.69, 9.17) is 21.1 Å². The smallest absolute Gasteiger partial charge is 0.279 e. The van der Waals surface area contributed by atoms with E-state index in [1.807, 2.05) is 43.3 Å². The molecule has 1 aliphatic heterocycles. The Morgan fingerprint density at radius 3 is 2.73 bits per heavy atom. The molecule has 0 bridgehead atoms. The lowest BCUT2D eigenvalue weighted by atomic mass is 9.86. The number of nitrogens with zero attached hydrogens (tertiary/aromatic N) is 2. The number of carbonyl (C=O) groups excluding carboxylic acids is 1. The average molecular weight is 486 g/mol. The van der Waals surface area contributed by atoms with Crippen LogP contribution in [-0.2, 0) is 17.6 Å². The van der Waals surface area contributed by atoms with E-state index in [1.165, 1.54) is 11.8 Å². The molecule has 172 valence electrons. The summed E-state index contributed by atoms with van der Waals surface area (Å²) in [6.45, 7) is 2.30. The van der Waals surface area contributed by atoms with Crippen LogP contribution < -0.4 is 20.3 Å². The fourth-order valence-electron chi connectivity index (χ4n) is 3.95. The second kappa shape index (κ2) is 9.89. The molecule has 0 unspecified atom stereocenters. The predicted octanol–water partition coefficient (Wildman–Crippen LogP) is 4.61. The lowest BCUT2D eigenvalue weighted by Gasteiger charge is -2.29. The molecule has 1 aromatic heterocycles. The molecule has 2 aromatic carbocycles. The van der Waals surface area contributed by atoms with Gasteiger partial charge in [0, 0.05) is 35.7 Å². The number of hydrogen-bond donors (Lipinski definition) is 1. The molecule has 0 radical (unpaired) electrons. The number of anilines is 1. The number of halogens is 1. The minimum atomic E-state index is -0.501. The first kappa shape index (κ1) is 23.2. The van der Waals surface area contributed by atoms with Crippen LogP contribution in [0.25, 0.3) is 0 Å². The number of hydrogen-bond acceptors (Lipinski definition) is 6. The highest BCUT2D eigenvalue weighted by molar-refractivity contribution is 7.98. The standard InChI is InChI=1S/C24H24ClN3O4S/c1-4-32-21-15(9-7-11-18(21)31-3)16-12-19(29)26-22-20(16)23(30)27-24(28(22)2)33-13-14-8-5-6-10-17(14)25/h5-11,16H,4,12-13H2,1-3H3,(H,26,29)/t16-/m1/s1. The van der Waals surface area contributed by atoms with Crippen LogP contribution in [0.2, 0.25) is 5.02 Å². The zero-order valence-electron chi connectivity index (χ0n) is 18.6. The van der Waals surface area contributed by atoms with Gasteiger partial charge in [-0.3, -0.25) is 9.59 Å². The van der Waals surface area contributed by atoms with E-state index in [0.717, 1.165) is 11.1 Å². The molecule has 1 atom stereocenters. The summed E-state index contributed by atoms with van der Waals surface area (Å²) in [6.07, 6.45) is 0.114. The first-order chi connectivity index (χ1) is 15.9. The van der Waals surface area contributed by atoms with E-state index in [-0.39, 0.29) is 17.9 Å². The Morgan fingerprint density at radius 1 is 1.21 bits per heavy atom. The fourth-order valence-corrected chi connectivity index (χ4v) is 5.21. The van der Waals surface area contributed by atoms with Gasteiger partial charge in [-0.1, -0.05) is 53.7 Å². The van der Waals surface area contributed by atoms with Crippen LogP contribution in [0.1, 0.15) is 36.0 Å². The summed E-state index contributed by atoms with van der Waals surface area (Å²) < 4.78 is 13.1. The monoisotopic (exact) mass is 485 g/mol. The van der Waals surface area contributed by atoms with Crippen molar-refractivity contribution in [3.8, 4) is 11.5 Å². The maximum absolute atomic E-state index is 13.2. The molecule has 1 aliphatic rings. The molecule has 0 saturated heterocycles. The van der Waals surface area contributed by atoms with Gasteiger partial charge in [0.05, 0.1) is 19.3 Å². The van der Waals surface area contributed by atoms with Gasteiger partial charge in [0.1, 0.15) is 5.82 Å². The number of carbonyl (C=O) groups is 1. The minimum Gasteiger partial charge on any atom is -0.493 e. The third-order valence-electron chi connectivity index (χ3n) is 5.51. The second-order valence-corrected chi connectivity index (χ2v) is 8.87. The summed E-state index contributed by atoms with van der Waals surface area (Å²) in [5.74, 6) is 1.40. The Morgan fingerprint density at radius 2 is 2.00 bits per heavy atom. The zero-order valence-corrected chi connectivity index (χ0v) is 20.1. The lowest BCUT2D eigenvalue weighted by Crippen LogP contribution is -2.33. The highest BCUT2D eigenvalue weighted by Gasteiger charge is 2.34. The van der Waals surface area contributed by atoms with Crippen LogP contribution >= 0.6 is 23.4 Å². The molecular weight excluding hydrogens is 462 g/mol. The summed E-state index contributed by atoms with van der Waals surface area (Å²) in [5, 5.41) is 4.02. The normalized spacial score (nSPS) is 15.0. The van der Waals surface area contributed by atoms with Crippen molar-refractivity contribution in [2.24, 2.45) is 7.05 Å². The number of benzene rings is 2. The van der Waals surface area contributed by atoms with Gasteiger partial charge in [-0.05, 0) is 24.6 Å². The van der Waals surface area contributed by atoms with Crippen molar-refractivity contribution in [1.29, 1.82) is 0 Å². The zero-order chi connectivity index (χ0) is 23.5. The number of thioether (sulfide) groups is 1. The molecule has 0 aliphatic carbocycles. The number of ether oxygens (including phenoxy) is 2. The van der Waals surface area contributed by atoms with Crippen molar-refractivity contribution in [3.63, 3.8) is 0 Å². The third-order valence-corrected chi connectivity index (χ3v) is 6.96. The largest absolute Gasteiger partial charge is 0.493 e. The maximum atomic E-state index is 13.2. The Bertz CT molecular complexity index is 1260. The summed E-state index contributed by atoms with van der Waals surface area (Å²) in [4.78, 5) is 30.3. The summed E-state index contributed by atoms with van der Waals surface area (Å²) in [6, 6.07) is 13.0. The highest BCUT2D eigenvalue weighted by atomic mass is 35.5. The molecule has 1 N–H and O–H groups in total. The SMILES string of the molecule is CCOc1c(OC)cccc1[C@H]1CC(=O)Nc2c1c(=O)nc(SCc1ccccc1Cl)n2C. The van der Waals surface area contributed by atoms with Crippen molar-refractivity contribution >= 4 is 35.1 Å². The Kier molecular flexibility index (Phi) is 6.95. The van der Waals surface area contributed by atoms with E-state index in [9.17, 15) is 9.59 Å². The molecule has 0 fully saturated rings. The first-order valence-corrected chi connectivity index (χ1v) is 11.9. The fraction of sp³-hybridized carbons (Fsp3) is 0.292. The molecule has 2 heterocycles. The van der Waals surface area contributed by atoms with Crippen LogP contribution in [0.4, 0.5) is 5.82 Å². The number of nitrogens with one attached hydrogen (secondary N) is 1. The Labute approximate surface area is 201 Å². The first-order valence-electron chi connectivity index (χ1n) is 10.5. The van der Waals surface area contributed by atoms with Gasteiger partial charge in [0.15, 0.2) is 16.7 Å². The van der Waals surface area contributed by atoms with E-state index in [0.29, 0.717) is 45.4 Å². The number of para-hydroxylation sites is 1. The summed E-state index contributed by atoms with van der Waals surface area (Å²) in [5.41, 5.74) is 1.73. The van der Waals surface area contributed by atoms with Gasteiger partial charge in [-0.25, -0.2) is 0 Å². The van der Waals surface area contributed by atoms with Crippen LogP contribution in [0.3, 0.4) is 0 Å². The summed E-state index contributed by atoms with van der Waals surface area (Å²) in [7, 11) is 3.35. The summed E-state index contributed by atoms with van der Waals surface area (Å²) >= 11 is 7.66. The molecule has 0 saturated carbocycles. The van der Waals surface area contributed by atoms with Crippen molar-refractivity contribution in [2.75, 3.05) is 19.0 Å². The van der Waals surface area contributed by atoms with Gasteiger partial charge in [-0.2, -0.15) is 4.98 Å². The molecule has 4 rings (SSSR count). The quantitative estimate of drug-likeness (QED) is 0.389. The van der Waals surface area contributed by atoms with E-state index in [1.54, 1.807) is 24.8 Å². The highest BCUT2D eigenvalue weighted by Crippen LogP contribution is 2.43. The van der Waals surface area contributed by atoms with Gasteiger partial charge < -0.3 is 19.4 Å². The molecule has 0 spiro atoms. The number of rotatable bonds is 7. The van der Waals surface area contributed by atoms with Crippen LogP contribution in [0, 0.1) is 0 Å². The topological polar surface area (TPSA) is 82.4 Å². The van der Waals surface area contributed by atoms with Crippen molar-refractivity contribution in [2.45, 2.75) is 30.2 Å². The van der Waals surface area contributed by atoms with Crippen molar-refractivity contribution < 1.29 is 14.3 Å². The third kappa shape index (κ3) is 4.58. The molecule has 1 amide bonds. The molecule has 7 nitrogen and oxygen atoms in total. The number of methoxy groups -OCH3 is 1. The number of fused-ring (bicyclic) bond motifs is 1. The molecule has 9 heteroatoms. The maximum Gasteiger partial charge on any atom is 0.279 e. The Hall–Kier alpha value is -2.97. The predicted molar refractivity (Wildman–Crippen MR) is 130 cm³/mol. The van der Waals surface area contributed by atoms with Crippen LogP contribution in [-0.4, -0.2) is 29.2 Å². The van der Waals surface area contributed by atoms with Crippen molar-refractivity contribution in [3.05, 3.63) is 74.5 Å². The van der Waals surface area contributed by atoms with Crippen LogP contribution in [0.15, 0.2) is 52.4 Å². The molecular formula is C24H24ClN3O4S. The molecule has 33 heavy (non-hydrogen) atoms. The van der Waals surface area contributed by atoms with E-state index >= 15 is 0 Å². The number of aromatic nitrogens is 2.